The molecule has 0 bridgehead atoms. The minimum atomic E-state index is -4.05. The molecule has 1 aromatic heterocycles. The van der Waals surface area contributed by atoms with Gasteiger partial charge in [-0.15, -0.1) is 11.3 Å². The van der Waals surface area contributed by atoms with Gasteiger partial charge in [-0.1, -0.05) is 0 Å². The summed E-state index contributed by atoms with van der Waals surface area (Å²) in [5, 5.41) is 5.02. The minimum Gasteiger partial charge on any atom is -0.482 e. The second-order valence-electron chi connectivity index (χ2n) is 5.06. The zero-order valence-corrected chi connectivity index (χ0v) is 14.2. The number of anilines is 1. The smallest absolute Gasteiger partial charge is 0.264 e. The maximum absolute atomic E-state index is 12.3. The second-order valence-corrected chi connectivity index (χ2v) is 7.80. The van der Waals surface area contributed by atoms with Crippen molar-refractivity contribution in [1.82, 2.24) is 9.71 Å². The molecular weight excluding hydrogens is 354 g/mol. The van der Waals surface area contributed by atoms with Gasteiger partial charge in [0.1, 0.15) is 5.75 Å². The van der Waals surface area contributed by atoms with E-state index in [-0.39, 0.29) is 29.5 Å². The van der Waals surface area contributed by atoms with Crippen LogP contribution in [0.2, 0.25) is 0 Å². The lowest BCUT2D eigenvalue weighted by Gasteiger charge is -2.18. The van der Waals surface area contributed by atoms with Gasteiger partial charge in [0.15, 0.2) is 6.61 Å². The molecule has 0 unspecified atom stereocenters. The number of hydrogen-bond acceptors (Lipinski definition) is 7. The Balaban J connectivity index is 1.76. The maximum atomic E-state index is 12.3. The third-order valence-electron chi connectivity index (χ3n) is 3.15. The summed E-state index contributed by atoms with van der Waals surface area (Å²) in [6.45, 7) is 1.68. The predicted molar refractivity (Wildman–Crippen MR) is 86.5 cm³/mol. The fraction of sp³-hybridized carbons (Fsp3) is 0.214. The fourth-order valence-electron chi connectivity index (χ4n) is 2.13. The first-order chi connectivity index (χ1) is 11.3. The Morgan fingerprint density at radius 3 is 2.96 bits per heavy atom. The molecule has 3 rings (SSSR count). The summed E-state index contributed by atoms with van der Waals surface area (Å²) >= 11 is 1.38. The predicted octanol–water partition coefficient (Wildman–Crippen LogP) is 0.830. The molecule has 0 saturated carbocycles. The molecule has 1 aliphatic heterocycles. The van der Waals surface area contributed by atoms with Crippen LogP contribution < -0.4 is 14.8 Å². The summed E-state index contributed by atoms with van der Waals surface area (Å²) < 4.78 is 31.8. The normalized spacial score (nSPS) is 13.6. The Hall–Kier alpha value is -2.46. The zero-order chi connectivity index (χ0) is 17.3. The highest BCUT2D eigenvalue weighted by molar-refractivity contribution is 7.90. The quantitative estimate of drug-likeness (QED) is 0.827. The average Bonchev–Trinajstić information content (AvgIpc) is 2.90. The number of amides is 2. The number of nitrogens with zero attached hydrogens (tertiary/aromatic N) is 1. The summed E-state index contributed by atoms with van der Waals surface area (Å²) in [4.78, 5) is 27.2. The number of carbonyl (C=O) groups excluding carboxylic acids is 2. The van der Waals surface area contributed by atoms with Crippen LogP contribution >= 0.6 is 11.3 Å². The van der Waals surface area contributed by atoms with E-state index in [0.717, 1.165) is 5.01 Å². The van der Waals surface area contributed by atoms with E-state index < -0.39 is 15.9 Å². The zero-order valence-electron chi connectivity index (χ0n) is 12.5. The fourth-order valence-corrected chi connectivity index (χ4v) is 3.75. The molecule has 126 valence electrons. The van der Waals surface area contributed by atoms with Gasteiger partial charge in [-0.05, 0) is 25.1 Å². The number of carbonyl (C=O) groups is 2. The Labute approximate surface area is 141 Å². The third kappa shape index (κ3) is 3.54. The van der Waals surface area contributed by atoms with Gasteiger partial charge in [0.25, 0.3) is 15.9 Å². The highest BCUT2D eigenvalue weighted by Crippen LogP contribution is 2.29. The number of sulfonamides is 1. The van der Waals surface area contributed by atoms with Crippen LogP contribution in [0.5, 0.6) is 5.75 Å². The van der Waals surface area contributed by atoms with Crippen molar-refractivity contribution < 1.29 is 22.7 Å². The van der Waals surface area contributed by atoms with E-state index >= 15 is 0 Å². The number of aromatic nitrogens is 1. The van der Waals surface area contributed by atoms with Gasteiger partial charge < -0.3 is 10.1 Å². The third-order valence-corrected chi connectivity index (χ3v) is 5.34. The largest absolute Gasteiger partial charge is 0.482 e. The minimum absolute atomic E-state index is 0.122. The number of aryl methyl sites for hydroxylation is 1. The van der Waals surface area contributed by atoms with E-state index in [1.807, 2.05) is 4.72 Å². The highest BCUT2D eigenvalue weighted by atomic mass is 32.2. The number of fused-ring (bicyclic) bond motifs is 1. The summed E-state index contributed by atoms with van der Waals surface area (Å²) in [5.41, 5.74) is 0.757. The van der Waals surface area contributed by atoms with Crippen molar-refractivity contribution in [2.24, 2.45) is 0 Å². The summed E-state index contributed by atoms with van der Waals surface area (Å²) in [5.74, 6) is -0.684. The molecule has 1 aliphatic rings. The van der Waals surface area contributed by atoms with Crippen molar-refractivity contribution in [3.63, 3.8) is 0 Å². The second kappa shape index (κ2) is 6.21. The van der Waals surface area contributed by atoms with Gasteiger partial charge in [0, 0.05) is 5.38 Å². The van der Waals surface area contributed by atoms with Crippen molar-refractivity contribution >= 4 is 38.9 Å². The molecule has 2 amide bonds. The van der Waals surface area contributed by atoms with Crippen LogP contribution in [0.15, 0.2) is 28.5 Å². The lowest BCUT2D eigenvalue weighted by molar-refractivity contribution is -0.119. The van der Waals surface area contributed by atoms with Crippen LogP contribution in [0.25, 0.3) is 0 Å². The van der Waals surface area contributed by atoms with Crippen LogP contribution in [0.4, 0.5) is 5.69 Å². The molecule has 0 fully saturated rings. The molecule has 0 saturated heterocycles. The number of thiazole rings is 1. The van der Waals surface area contributed by atoms with E-state index in [2.05, 4.69) is 10.3 Å². The van der Waals surface area contributed by atoms with E-state index in [4.69, 9.17) is 4.74 Å². The monoisotopic (exact) mass is 367 g/mol. The number of hydrogen-bond donors (Lipinski definition) is 2. The first kappa shape index (κ1) is 16.4. The molecule has 0 atom stereocenters. The number of rotatable bonds is 4. The van der Waals surface area contributed by atoms with Crippen LogP contribution in [-0.2, 0) is 26.0 Å². The summed E-state index contributed by atoms with van der Waals surface area (Å²) in [6.07, 6.45) is -0.131. The van der Waals surface area contributed by atoms with Gasteiger partial charge >= 0.3 is 0 Å². The molecule has 2 heterocycles. The average molecular weight is 367 g/mol. The summed E-state index contributed by atoms with van der Waals surface area (Å²) in [7, 11) is -4.05. The topological polar surface area (TPSA) is 114 Å². The van der Waals surface area contributed by atoms with E-state index in [1.165, 1.54) is 29.5 Å². The van der Waals surface area contributed by atoms with Crippen LogP contribution in [0, 0.1) is 6.92 Å². The molecule has 2 aromatic rings. The molecule has 0 aliphatic carbocycles. The molecule has 0 spiro atoms. The number of benzene rings is 1. The van der Waals surface area contributed by atoms with Crippen molar-refractivity contribution in [2.45, 2.75) is 18.2 Å². The van der Waals surface area contributed by atoms with Gasteiger partial charge in [-0.2, -0.15) is 0 Å². The van der Waals surface area contributed by atoms with Crippen LogP contribution in [-0.4, -0.2) is 31.8 Å². The van der Waals surface area contributed by atoms with Crippen molar-refractivity contribution in [1.29, 1.82) is 0 Å². The van der Waals surface area contributed by atoms with E-state index in [0.29, 0.717) is 11.4 Å². The lowest BCUT2D eigenvalue weighted by Crippen LogP contribution is -2.32. The number of nitrogens with one attached hydrogen (secondary N) is 2. The Kier molecular flexibility index (Phi) is 4.24. The van der Waals surface area contributed by atoms with E-state index in [9.17, 15) is 18.0 Å². The van der Waals surface area contributed by atoms with Crippen LogP contribution in [0.1, 0.15) is 10.7 Å². The lowest BCUT2D eigenvalue weighted by atomic mass is 10.2. The first-order valence-electron chi connectivity index (χ1n) is 6.87. The SMILES string of the molecule is Cc1nc(CC(=O)NS(=O)(=O)c2ccc3c(c2)NC(=O)CO3)cs1. The van der Waals surface area contributed by atoms with Crippen LogP contribution in [0.3, 0.4) is 0 Å². The standard InChI is InChI=1S/C14H13N3O5S2/c1-8-15-9(7-23-8)4-13(18)17-24(20,21)10-2-3-12-11(5-10)16-14(19)6-22-12/h2-3,5,7H,4,6H2,1H3,(H,16,19)(H,17,18). The molecule has 24 heavy (non-hydrogen) atoms. The molecule has 8 nitrogen and oxygen atoms in total. The van der Waals surface area contributed by atoms with Gasteiger partial charge in [-0.25, -0.2) is 18.1 Å². The van der Waals surface area contributed by atoms with E-state index in [1.54, 1.807) is 12.3 Å². The Bertz CT molecular complexity index is 920. The molecular formula is C14H13N3O5S2. The summed E-state index contributed by atoms with van der Waals surface area (Å²) in [6, 6.07) is 3.98. The number of ether oxygens (including phenoxy) is 1. The maximum Gasteiger partial charge on any atom is 0.264 e. The highest BCUT2D eigenvalue weighted by Gasteiger charge is 2.22. The van der Waals surface area contributed by atoms with Gasteiger partial charge in [0.05, 0.1) is 27.7 Å². The Morgan fingerprint density at radius 2 is 2.25 bits per heavy atom. The van der Waals surface area contributed by atoms with Gasteiger partial charge in [0.2, 0.25) is 5.91 Å². The molecule has 1 aromatic carbocycles. The van der Waals surface area contributed by atoms with Crippen molar-refractivity contribution in [3.8, 4) is 5.75 Å². The molecule has 0 radical (unpaired) electrons. The van der Waals surface area contributed by atoms with Gasteiger partial charge in [-0.3, -0.25) is 9.59 Å². The molecule has 2 N–H and O–H groups in total. The first-order valence-corrected chi connectivity index (χ1v) is 9.23. The Morgan fingerprint density at radius 1 is 1.46 bits per heavy atom. The molecule has 10 heteroatoms. The van der Waals surface area contributed by atoms with Crippen molar-refractivity contribution in [3.05, 3.63) is 34.3 Å². The van der Waals surface area contributed by atoms with Crippen molar-refractivity contribution in [2.75, 3.05) is 11.9 Å².